The maximum atomic E-state index is 11.0. The third-order valence-electron chi connectivity index (χ3n) is 2.80. The van der Waals surface area contributed by atoms with Gasteiger partial charge in [0, 0.05) is 6.04 Å². The average Bonchev–Trinajstić information content (AvgIpc) is 2.01. The minimum atomic E-state index is -0.710. The van der Waals surface area contributed by atoms with Crippen molar-refractivity contribution in [2.75, 3.05) is 14.1 Å². The van der Waals surface area contributed by atoms with Crippen molar-refractivity contribution in [2.45, 2.75) is 46.6 Å². The van der Waals surface area contributed by atoms with Crippen LogP contribution in [0.1, 0.15) is 40.5 Å². The molecule has 0 saturated heterocycles. The summed E-state index contributed by atoms with van der Waals surface area (Å²) in [6.45, 7) is 7.94. The fourth-order valence-electron chi connectivity index (χ4n) is 1.70. The Morgan fingerprint density at radius 1 is 1.33 bits per heavy atom. The second-order valence-corrected chi connectivity index (χ2v) is 5.64. The van der Waals surface area contributed by atoms with Gasteiger partial charge in [0.25, 0.3) is 0 Å². The summed E-state index contributed by atoms with van der Waals surface area (Å²) in [5, 5.41) is 9.09. The van der Waals surface area contributed by atoms with Gasteiger partial charge in [-0.1, -0.05) is 13.8 Å². The molecule has 0 aromatic rings. The summed E-state index contributed by atoms with van der Waals surface area (Å²) in [6.07, 6.45) is 1.75. The first-order valence-corrected chi connectivity index (χ1v) is 5.56. The molecule has 0 amide bonds. The number of aliphatic carboxylic acids is 1. The number of hydrogen-bond acceptors (Lipinski definition) is 2. The molecule has 0 spiro atoms. The van der Waals surface area contributed by atoms with Gasteiger partial charge in [-0.2, -0.15) is 0 Å². The van der Waals surface area contributed by atoms with Crippen LogP contribution in [0.4, 0.5) is 0 Å². The molecule has 3 heteroatoms. The van der Waals surface area contributed by atoms with E-state index in [-0.39, 0.29) is 0 Å². The van der Waals surface area contributed by atoms with E-state index in [0.717, 1.165) is 6.42 Å². The van der Waals surface area contributed by atoms with E-state index in [1.165, 1.54) is 0 Å². The molecule has 1 unspecified atom stereocenters. The smallest absolute Gasteiger partial charge is 0.309 e. The third-order valence-corrected chi connectivity index (χ3v) is 2.80. The van der Waals surface area contributed by atoms with Crippen LogP contribution in [-0.4, -0.2) is 36.1 Å². The monoisotopic (exact) mass is 215 g/mol. The molecule has 0 bridgehead atoms. The molecule has 0 aromatic carbocycles. The summed E-state index contributed by atoms with van der Waals surface area (Å²) in [5.41, 5.74) is -0.635. The van der Waals surface area contributed by atoms with E-state index in [2.05, 4.69) is 18.7 Å². The second kappa shape index (κ2) is 5.50. The Morgan fingerprint density at radius 3 is 2.07 bits per heavy atom. The van der Waals surface area contributed by atoms with Crippen molar-refractivity contribution in [1.82, 2.24) is 4.90 Å². The third kappa shape index (κ3) is 5.17. The molecule has 0 radical (unpaired) electrons. The minimum absolute atomic E-state index is 0.344. The number of rotatable bonds is 6. The van der Waals surface area contributed by atoms with E-state index in [9.17, 15) is 4.79 Å². The molecule has 1 atom stereocenters. The summed E-state index contributed by atoms with van der Waals surface area (Å²) < 4.78 is 0. The van der Waals surface area contributed by atoms with Crippen molar-refractivity contribution >= 4 is 5.97 Å². The zero-order valence-electron chi connectivity index (χ0n) is 10.9. The first-order valence-electron chi connectivity index (χ1n) is 5.56. The molecule has 1 N–H and O–H groups in total. The highest BCUT2D eigenvalue weighted by Crippen LogP contribution is 2.27. The quantitative estimate of drug-likeness (QED) is 0.740. The molecule has 0 aromatic heterocycles. The molecular formula is C12H25NO2. The molecular weight excluding hydrogens is 190 g/mol. The lowest BCUT2D eigenvalue weighted by atomic mass is 9.83. The van der Waals surface area contributed by atoms with Gasteiger partial charge in [-0.05, 0) is 46.7 Å². The Balaban J connectivity index is 4.47. The van der Waals surface area contributed by atoms with Crippen LogP contribution in [0.5, 0.6) is 0 Å². The molecule has 0 aliphatic heterocycles. The summed E-state index contributed by atoms with van der Waals surface area (Å²) in [7, 11) is 4.04. The van der Waals surface area contributed by atoms with E-state index in [4.69, 9.17) is 5.11 Å². The van der Waals surface area contributed by atoms with E-state index >= 15 is 0 Å². The fourth-order valence-corrected chi connectivity index (χ4v) is 1.70. The molecule has 0 aliphatic rings. The standard InChI is InChI=1S/C12H25NO2/c1-9(2)7-10(13(5)6)8-12(3,4)11(14)15/h9-10H,7-8H2,1-6H3,(H,14,15). The van der Waals surface area contributed by atoms with E-state index in [0.29, 0.717) is 18.4 Å². The largest absolute Gasteiger partial charge is 0.481 e. The molecule has 90 valence electrons. The molecule has 15 heavy (non-hydrogen) atoms. The van der Waals surface area contributed by atoms with Crippen molar-refractivity contribution in [3.8, 4) is 0 Å². The van der Waals surface area contributed by atoms with E-state index < -0.39 is 11.4 Å². The van der Waals surface area contributed by atoms with Crippen molar-refractivity contribution in [3.05, 3.63) is 0 Å². The Hall–Kier alpha value is -0.570. The summed E-state index contributed by atoms with van der Waals surface area (Å²) in [4.78, 5) is 13.2. The first-order chi connectivity index (χ1) is 6.66. The predicted octanol–water partition coefficient (Wildman–Crippen LogP) is 2.46. The zero-order chi connectivity index (χ0) is 12.2. The van der Waals surface area contributed by atoms with Crippen LogP contribution < -0.4 is 0 Å². The number of nitrogens with zero attached hydrogens (tertiary/aromatic N) is 1. The summed E-state index contributed by atoms with van der Waals surface area (Å²) >= 11 is 0. The predicted molar refractivity (Wildman–Crippen MR) is 63.0 cm³/mol. The topological polar surface area (TPSA) is 40.5 Å². The molecule has 3 nitrogen and oxygen atoms in total. The molecule has 0 aliphatic carbocycles. The van der Waals surface area contributed by atoms with Gasteiger partial charge in [0.1, 0.15) is 0 Å². The van der Waals surface area contributed by atoms with Gasteiger partial charge >= 0.3 is 5.97 Å². The SMILES string of the molecule is CC(C)CC(CC(C)(C)C(=O)O)N(C)C. The van der Waals surface area contributed by atoms with Crippen LogP contribution in [0.3, 0.4) is 0 Å². The van der Waals surface area contributed by atoms with Gasteiger partial charge in [-0.3, -0.25) is 4.79 Å². The number of hydrogen-bond donors (Lipinski definition) is 1. The van der Waals surface area contributed by atoms with Crippen LogP contribution in [-0.2, 0) is 4.79 Å². The second-order valence-electron chi connectivity index (χ2n) is 5.64. The molecule has 0 fully saturated rings. The number of carboxylic acid groups (broad SMARTS) is 1. The van der Waals surface area contributed by atoms with Gasteiger partial charge in [0.2, 0.25) is 0 Å². The van der Waals surface area contributed by atoms with Gasteiger partial charge in [-0.25, -0.2) is 0 Å². The summed E-state index contributed by atoms with van der Waals surface area (Å²) in [5.74, 6) is -0.111. The normalized spacial score (nSPS) is 14.7. The summed E-state index contributed by atoms with van der Waals surface area (Å²) in [6, 6.07) is 0.344. The van der Waals surface area contributed by atoms with Crippen LogP contribution in [0.25, 0.3) is 0 Å². The lowest BCUT2D eigenvalue weighted by Crippen LogP contribution is -2.37. The Morgan fingerprint density at radius 2 is 1.80 bits per heavy atom. The van der Waals surface area contributed by atoms with Gasteiger partial charge < -0.3 is 10.0 Å². The fraction of sp³-hybridized carbons (Fsp3) is 0.917. The van der Waals surface area contributed by atoms with Crippen molar-refractivity contribution < 1.29 is 9.90 Å². The van der Waals surface area contributed by atoms with Gasteiger partial charge in [0.15, 0.2) is 0 Å². The highest BCUT2D eigenvalue weighted by atomic mass is 16.4. The Labute approximate surface area is 93.5 Å². The maximum Gasteiger partial charge on any atom is 0.309 e. The van der Waals surface area contributed by atoms with E-state index in [1.807, 2.05) is 14.1 Å². The zero-order valence-corrected chi connectivity index (χ0v) is 10.9. The lowest BCUT2D eigenvalue weighted by Gasteiger charge is -2.31. The van der Waals surface area contributed by atoms with Crippen LogP contribution in [0.15, 0.2) is 0 Å². The lowest BCUT2D eigenvalue weighted by molar-refractivity contribution is -0.148. The van der Waals surface area contributed by atoms with Gasteiger partial charge in [-0.15, -0.1) is 0 Å². The van der Waals surface area contributed by atoms with Crippen molar-refractivity contribution in [2.24, 2.45) is 11.3 Å². The Bertz CT molecular complexity index is 210. The number of carbonyl (C=O) groups is 1. The molecule has 0 saturated carbocycles. The maximum absolute atomic E-state index is 11.0. The Kier molecular flexibility index (Phi) is 5.29. The first kappa shape index (κ1) is 14.4. The molecule has 0 heterocycles. The van der Waals surface area contributed by atoms with Crippen LogP contribution in [0.2, 0.25) is 0 Å². The average molecular weight is 215 g/mol. The number of carboxylic acids is 1. The highest BCUT2D eigenvalue weighted by Gasteiger charge is 2.31. The molecule has 0 rings (SSSR count). The van der Waals surface area contributed by atoms with Crippen molar-refractivity contribution in [1.29, 1.82) is 0 Å². The van der Waals surface area contributed by atoms with Gasteiger partial charge in [0.05, 0.1) is 5.41 Å². The van der Waals surface area contributed by atoms with E-state index in [1.54, 1.807) is 13.8 Å². The van der Waals surface area contributed by atoms with Crippen molar-refractivity contribution in [3.63, 3.8) is 0 Å². The minimum Gasteiger partial charge on any atom is -0.481 e. The highest BCUT2D eigenvalue weighted by molar-refractivity contribution is 5.73. The van der Waals surface area contributed by atoms with Crippen LogP contribution in [0, 0.1) is 11.3 Å². The van der Waals surface area contributed by atoms with Crippen LogP contribution >= 0.6 is 0 Å².